The summed E-state index contributed by atoms with van der Waals surface area (Å²) in [7, 11) is 0. The Morgan fingerprint density at radius 3 is 2.67 bits per heavy atom. The molecule has 1 atom stereocenters. The van der Waals surface area contributed by atoms with Gasteiger partial charge in [-0.15, -0.1) is 0 Å². The fraction of sp³-hybridized carbons (Fsp3) is 0.929. The van der Waals surface area contributed by atoms with E-state index in [1.165, 1.54) is 0 Å². The second kappa shape index (κ2) is 12.8. The van der Waals surface area contributed by atoms with E-state index in [2.05, 4.69) is 19.2 Å². The van der Waals surface area contributed by atoms with Gasteiger partial charge < -0.3 is 15.8 Å². The van der Waals surface area contributed by atoms with Crippen LogP contribution in [0.2, 0.25) is 0 Å². The summed E-state index contributed by atoms with van der Waals surface area (Å²) >= 11 is 0. The molecule has 0 bridgehead atoms. The minimum absolute atomic E-state index is 0.146. The van der Waals surface area contributed by atoms with Crippen molar-refractivity contribution in [2.45, 2.75) is 52.4 Å². The number of ether oxygens (including phenoxy) is 1. The Bertz CT molecular complexity index is 198. The number of unbranched alkanes of at least 4 members (excludes halogenated alkanes) is 1. The van der Waals surface area contributed by atoms with Gasteiger partial charge in [0.15, 0.2) is 0 Å². The highest BCUT2D eigenvalue weighted by Crippen LogP contribution is 2.08. The molecule has 0 fully saturated rings. The second-order valence-electron chi connectivity index (χ2n) is 4.89. The zero-order valence-electron chi connectivity index (χ0n) is 12.0. The molecule has 0 saturated carbocycles. The SMILES string of the molecule is CCCCOCCCNC(=O)CCC(C)CCN. The number of nitrogens with one attached hydrogen (secondary N) is 1. The fourth-order valence-electron chi connectivity index (χ4n) is 1.65. The van der Waals surface area contributed by atoms with Crippen LogP contribution in [0.25, 0.3) is 0 Å². The Balaban J connectivity index is 3.26. The molecule has 0 heterocycles. The molecule has 0 rings (SSSR count). The van der Waals surface area contributed by atoms with Gasteiger partial charge in [0, 0.05) is 26.2 Å². The molecule has 4 nitrogen and oxygen atoms in total. The molecule has 3 N–H and O–H groups in total. The van der Waals surface area contributed by atoms with E-state index in [0.717, 1.165) is 51.9 Å². The summed E-state index contributed by atoms with van der Waals surface area (Å²) in [6.07, 6.45) is 5.71. The van der Waals surface area contributed by atoms with E-state index in [4.69, 9.17) is 10.5 Å². The minimum atomic E-state index is 0.146. The van der Waals surface area contributed by atoms with Crippen LogP contribution in [-0.2, 0) is 9.53 Å². The van der Waals surface area contributed by atoms with Crippen LogP contribution in [0.1, 0.15) is 52.4 Å². The molecule has 0 aromatic rings. The van der Waals surface area contributed by atoms with Crippen molar-refractivity contribution >= 4 is 5.91 Å². The van der Waals surface area contributed by atoms with Crippen LogP contribution in [0.3, 0.4) is 0 Å². The third kappa shape index (κ3) is 11.9. The number of rotatable bonds is 12. The van der Waals surface area contributed by atoms with Gasteiger partial charge in [0.25, 0.3) is 0 Å². The summed E-state index contributed by atoms with van der Waals surface area (Å²) in [5.41, 5.74) is 5.47. The van der Waals surface area contributed by atoms with Crippen LogP contribution < -0.4 is 11.1 Å². The van der Waals surface area contributed by atoms with Gasteiger partial charge in [-0.2, -0.15) is 0 Å². The lowest BCUT2D eigenvalue weighted by Gasteiger charge is -2.10. The van der Waals surface area contributed by atoms with Crippen LogP contribution in [0.15, 0.2) is 0 Å². The highest BCUT2D eigenvalue weighted by atomic mass is 16.5. The third-order valence-electron chi connectivity index (χ3n) is 2.95. The van der Waals surface area contributed by atoms with E-state index in [9.17, 15) is 4.79 Å². The summed E-state index contributed by atoms with van der Waals surface area (Å²) in [5.74, 6) is 0.686. The van der Waals surface area contributed by atoms with Crippen LogP contribution in [-0.4, -0.2) is 32.2 Å². The maximum absolute atomic E-state index is 11.5. The molecule has 0 aromatic carbocycles. The Kier molecular flexibility index (Phi) is 12.4. The molecule has 0 radical (unpaired) electrons. The van der Waals surface area contributed by atoms with Crippen LogP contribution in [0, 0.1) is 5.92 Å². The predicted octanol–water partition coefficient (Wildman–Crippen LogP) is 2.07. The number of hydrogen-bond donors (Lipinski definition) is 2. The normalized spacial score (nSPS) is 12.4. The van der Waals surface area contributed by atoms with Crippen molar-refractivity contribution in [1.29, 1.82) is 0 Å². The summed E-state index contributed by atoms with van der Waals surface area (Å²) in [6.45, 7) is 7.29. The highest BCUT2D eigenvalue weighted by Gasteiger charge is 2.05. The lowest BCUT2D eigenvalue weighted by Crippen LogP contribution is -2.25. The number of amides is 1. The minimum Gasteiger partial charge on any atom is -0.381 e. The van der Waals surface area contributed by atoms with Gasteiger partial charge in [-0.3, -0.25) is 4.79 Å². The van der Waals surface area contributed by atoms with Crippen molar-refractivity contribution in [2.75, 3.05) is 26.3 Å². The largest absolute Gasteiger partial charge is 0.381 e. The Morgan fingerprint density at radius 1 is 1.28 bits per heavy atom. The first-order chi connectivity index (χ1) is 8.70. The number of hydrogen-bond acceptors (Lipinski definition) is 3. The van der Waals surface area contributed by atoms with Gasteiger partial charge in [0.05, 0.1) is 0 Å². The summed E-state index contributed by atoms with van der Waals surface area (Å²) in [4.78, 5) is 11.5. The molecule has 0 aliphatic carbocycles. The molecule has 0 aliphatic rings. The molecule has 108 valence electrons. The maximum Gasteiger partial charge on any atom is 0.220 e. The smallest absolute Gasteiger partial charge is 0.220 e. The topological polar surface area (TPSA) is 64.3 Å². The van der Waals surface area contributed by atoms with Crippen molar-refractivity contribution in [3.8, 4) is 0 Å². The number of nitrogens with two attached hydrogens (primary N) is 1. The Hall–Kier alpha value is -0.610. The van der Waals surface area contributed by atoms with E-state index in [1.807, 2.05) is 0 Å². The van der Waals surface area contributed by atoms with Crippen molar-refractivity contribution < 1.29 is 9.53 Å². The monoisotopic (exact) mass is 258 g/mol. The molecular weight excluding hydrogens is 228 g/mol. The van der Waals surface area contributed by atoms with Crippen LogP contribution in [0.4, 0.5) is 0 Å². The zero-order chi connectivity index (χ0) is 13.6. The van der Waals surface area contributed by atoms with Gasteiger partial charge >= 0.3 is 0 Å². The van der Waals surface area contributed by atoms with Crippen molar-refractivity contribution in [3.63, 3.8) is 0 Å². The average Bonchev–Trinajstić information content (AvgIpc) is 2.35. The number of carbonyl (C=O) groups excluding carboxylic acids is 1. The van der Waals surface area contributed by atoms with E-state index < -0.39 is 0 Å². The van der Waals surface area contributed by atoms with Crippen molar-refractivity contribution in [3.05, 3.63) is 0 Å². The molecule has 0 saturated heterocycles. The van der Waals surface area contributed by atoms with Crippen LogP contribution >= 0.6 is 0 Å². The molecular formula is C14H30N2O2. The average molecular weight is 258 g/mol. The summed E-state index contributed by atoms with van der Waals surface area (Å²) < 4.78 is 5.42. The third-order valence-corrected chi connectivity index (χ3v) is 2.95. The van der Waals surface area contributed by atoms with Gasteiger partial charge in [-0.1, -0.05) is 20.3 Å². The van der Waals surface area contributed by atoms with E-state index >= 15 is 0 Å². The zero-order valence-corrected chi connectivity index (χ0v) is 12.0. The fourth-order valence-corrected chi connectivity index (χ4v) is 1.65. The van der Waals surface area contributed by atoms with Gasteiger partial charge in [0.1, 0.15) is 0 Å². The maximum atomic E-state index is 11.5. The highest BCUT2D eigenvalue weighted by molar-refractivity contribution is 5.75. The van der Waals surface area contributed by atoms with E-state index in [1.54, 1.807) is 0 Å². The molecule has 1 unspecified atom stereocenters. The molecule has 0 spiro atoms. The van der Waals surface area contributed by atoms with Crippen molar-refractivity contribution in [2.24, 2.45) is 11.7 Å². The van der Waals surface area contributed by atoms with E-state index in [-0.39, 0.29) is 5.91 Å². The molecule has 18 heavy (non-hydrogen) atoms. The van der Waals surface area contributed by atoms with E-state index in [0.29, 0.717) is 18.9 Å². The second-order valence-corrected chi connectivity index (χ2v) is 4.89. The predicted molar refractivity (Wildman–Crippen MR) is 75.4 cm³/mol. The van der Waals surface area contributed by atoms with Gasteiger partial charge in [-0.05, 0) is 38.1 Å². The molecule has 0 aromatic heterocycles. The quantitative estimate of drug-likeness (QED) is 0.527. The molecule has 1 amide bonds. The number of carbonyl (C=O) groups is 1. The molecule has 0 aliphatic heterocycles. The first-order valence-corrected chi connectivity index (χ1v) is 7.25. The lowest BCUT2D eigenvalue weighted by atomic mass is 10.0. The van der Waals surface area contributed by atoms with Gasteiger partial charge in [0.2, 0.25) is 5.91 Å². The Labute approximate surface area is 112 Å². The van der Waals surface area contributed by atoms with Crippen LogP contribution in [0.5, 0.6) is 0 Å². The lowest BCUT2D eigenvalue weighted by molar-refractivity contribution is -0.121. The Morgan fingerprint density at radius 2 is 2.00 bits per heavy atom. The summed E-state index contributed by atoms with van der Waals surface area (Å²) in [5, 5.41) is 2.92. The first kappa shape index (κ1) is 17.4. The van der Waals surface area contributed by atoms with Crippen molar-refractivity contribution in [1.82, 2.24) is 5.32 Å². The van der Waals surface area contributed by atoms with Gasteiger partial charge in [-0.25, -0.2) is 0 Å². The standard InChI is InChI=1S/C14H30N2O2/c1-3-4-11-18-12-5-10-16-14(17)7-6-13(2)8-9-15/h13H,3-12,15H2,1-2H3,(H,16,17). The first-order valence-electron chi connectivity index (χ1n) is 7.25. The summed E-state index contributed by atoms with van der Waals surface area (Å²) in [6, 6.07) is 0. The molecule has 4 heteroatoms.